The predicted octanol–water partition coefficient (Wildman–Crippen LogP) is 1.45. The minimum atomic E-state index is -0.754. The van der Waals surface area contributed by atoms with E-state index in [1.165, 1.54) is 0 Å². The van der Waals surface area contributed by atoms with E-state index in [-0.39, 0.29) is 12.0 Å². The van der Waals surface area contributed by atoms with Crippen LogP contribution >= 0.6 is 0 Å². The van der Waals surface area contributed by atoms with E-state index >= 15 is 0 Å². The second kappa shape index (κ2) is 3.84. The standard InChI is InChI=1S/C8H13NO2/c1-4-5-8(2,3)6-11-7(9)10/h5H,1,6H2,2-3H3,(H2,9,10). The molecule has 0 aliphatic rings. The Morgan fingerprint density at radius 1 is 1.82 bits per heavy atom. The van der Waals surface area contributed by atoms with Crippen molar-refractivity contribution in [2.24, 2.45) is 11.1 Å². The van der Waals surface area contributed by atoms with Gasteiger partial charge in [0.1, 0.15) is 6.61 Å². The Morgan fingerprint density at radius 3 is 2.73 bits per heavy atom. The second-order valence-electron chi connectivity index (χ2n) is 2.94. The van der Waals surface area contributed by atoms with Crippen molar-refractivity contribution < 1.29 is 9.53 Å². The molecule has 0 aromatic heterocycles. The van der Waals surface area contributed by atoms with Crippen molar-refractivity contribution in [2.75, 3.05) is 6.61 Å². The highest BCUT2D eigenvalue weighted by Crippen LogP contribution is 2.16. The summed E-state index contributed by atoms with van der Waals surface area (Å²) in [5.74, 6) is 0. The van der Waals surface area contributed by atoms with Crippen LogP contribution in [0.1, 0.15) is 13.8 Å². The van der Waals surface area contributed by atoms with Gasteiger partial charge in [-0.25, -0.2) is 4.79 Å². The minimum Gasteiger partial charge on any atom is -0.449 e. The van der Waals surface area contributed by atoms with Crippen LogP contribution in [0.25, 0.3) is 0 Å². The highest BCUT2D eigenvalue weighted by molar-refractivity contribution is 5.64. The molecule has 1 amide bonds. The summed E-state index contributed by atoms with van der Waals surface area (Å²) in [5, 5.41) is 0. The average Bonchev–Trinajstić information content (AvgIpc) is 1.84. The lowest BCUT2D eigenvalue weighted by Gasteiger charge is -2.17. The molecule has 62 valence electrons. The van der Waals surface area contributed by atoms with Crippen LogP contribution in [0.5, 0.6) is 0 Å². The van der Waals surface area contributed by atoms with E-state index in [2.05, 4.69) is 17.0 Å². The first-order valence-electron chi connectivity index (χ1n) is 3.27. The molecule has 0 saturated heterocycles. The fourth-order valence-electron chi connectivity index (χ4n) is 0.575. The molecule has 0 bridgehead atoms. The number of ether oxygens (including phenoxy) is 1. The molecular formula is C8H13NO2. The van der Waals surface area contributed by atoms with Gasteiger partial charge in [-0.15, -0.1) is 5.73 Å². The zero-order valence-corrected chi connectivity index (χ0v) is 6.89. The van der Waals surface area contributed by atoms with Gasteiger partial charge in [-0.05, 0) is 6.08 Å². The molecule has 11 heavy (non-hydrogen) atoms. The third-order valence-corrected chi connectivity index (χ3v) is 1.08. The summed E-state index contributed by atoms with van der Waals surface area (Å²) in [6.45, 7) is 7.47. The van der Waals surface area contributed by atoms with E-state index in [1.54, 1.807) is 6.08 Å². The first-order valence-corrected chi connectivity index (χ1v) is 3.27. The van der Waals surface area contributed by atoms with Gasteiger partial charge in [0.15, 0.2) is 0 Å². The van der Waals surface area contributed by atoms with Gasteiger partial charge < -0.3 is 10.5 Å². The zero-order chi connectivity index (χ0) is 8.91. The molecule has 0 heterocycles. The van der Waals surface area contributed by atoms with Crippen LogP contribution in [0.2, 0.25) is 0 Å². The molecular weight excluding hydrogens is 142 g/mol. The van der Waals surface area contributed by atoms with Crippen molar-refractivity contribution in [2.45, 2.75) is 13.8 Å². The van der Waals surface area contributed by atoms with Crippen molar-refractivity contribution in [3.05, 3.63) is 18.4 Å². The van der Waals surface area contributed by atoms with Gasteiger partial charge in [0.25, 0.3) is 0 Å². The normalized spacial score (nSPS) is 10.0. The maximum atomic E-state index is 10.2. The Bertz CT molecular complexity index is 190. The van der Waals surface area contributed by atoms with Crippen molar-refractivity contribution in [1.29, 1.82) is 0 Å². The average molecular weight is 155 g/mol. The lowest BCUT2D eigenvalue weighted by molar-refractivity contribution is 0.125. The Balaban J connectivity index is 3.91. The van der Waals surface area contributed by atoms with Crippen molar-refractivity contribution >= 4 is 6.09 Å². The van der Waals surface area contributed by atoms with E-state index in [0.717, 1.165) is 0 Å². The Hall–Kier alpha value is -1.21. The van der Waals surface area contributed by atoms with E-state index < -0.39 is 6.09 Å². The summed E-state index contributed by atoms with van der Waals surface area (Å²) >= 11 is 0. The summed E-state index contributed by atoms with van der Waals surface area (Å²) in [4.78, 5) is 10.2. The lowest BCUT2D eigenvalue weighted by atomic mass is 9.95. The third kappa shape index (κ3) is 5.25. The molecule has 0 aliphatic heterocycles. The lowest BCUT2D eigenvalue weighted by Crippen LogP contribution is -2.22. The van der Waals surface area contributed by atoms with Crippen LogP contribution in [0, 0.1) is 5.41 Å². The van der Waals surface area contributed by atoms with Crippen LogP contribution in [0.4, 0.5) is 4.79 Å². The van der Waals surface area contributed by atoms with Crippen LogP contribution in [0.15, 0.2) is 18.4 Å². The summed E-state index contributed by atoms with van der Waals surface area (Å²) in [7, 11) is 0. The molecule has 0 radical (unpaired) electrons. The molecule has 3 nitrogen and oxygen atoms in total. The smallest absolute Gasteiger partial charge is 0.404 e. The summed E-state index contributed by atoms with van der Waals surface area (Å²) in [6, 6.07) is 0. The highest BCUT2D eigenvalue weighted by Gasteiger charge is 2.15. The van der Waals surface area contributed by atoms with Crippen molar-refractivity contribution in [3.8, 4) is 0 Å². The maximum absolute atomic E-state index is 10.2. The van der Waals surface area contributed by atoms with Crippen LogP contribution in [0.3, 0.4) is 0 Å². The Kier molecular flexibility index (Phi) is 3.42. The topological polar surface area (TPSA) is 52.3 Å². The minimum absolute atomic E-state index is 0.239. The van der Waals surface area contributed by atoms with Crippen molar-refractivity contribution in [3.63, 3.8) is 0 Å². The maximum Gasteiger partial charge on any atom is 0.404 e. The SMILES string of the molecule is C=C=CC(C)(C)COC(N)=O. The Labute approximate surface area is 66.5 Å². The van der Waals surface area contributed by atoms with Gasteiger partial charge in [-0.3, -0.25) is 0 Å². The highest BCUT2D eigenvalue weighted by atomic mass is 16.5. The van der Waals surface area contributed by atoms with Crippen LogP contribution in [-0.4, -0.2) is 12.7 Å². The molecule has 3 heteroatoms. The summed E-state index contributed by atoms with van der Waals surface area (Å²) < 4.78 is 4.60. The van der Waals surface area contributed by atoms with Crippen LogP contribution in [-0.2, 0) is 4.74 Å². The molecule has 0 fully saturated rings. The number of nitrogens with two attached hydrogens (primary N) is 1. The summed E-state index contributed by atoms with van der Waals surface area (Å²) in [5.41, 5.74) is 7.17. The molecule has 0 aliphatic carbocycles. The quantitative estimate of drug-likeness (QED) is 0.627. The first kappa shape index (κ1) is 9.79. The first-order chi connectivity index (χ1) is 4.98. The van der Waals surface area contributed by atoms with Gasteiger partial charge in [-0.2, -0.15) is 0 Å². The van der Waals surface area contributed by atoms with Gasteiger partial charge in [0.05, 0.1) is 0 Å². The molecule has 0 atom stereocenters. The fraction of sp³-hybridized carbons (Fsp3) is 0.500. The second-order valence-corrected chi connectivity index (χ2v) is 2.94. The summed E-state index contributed by atoms with van der Waals surface area (Å²) in [6.07, 6.45) is 0.978. The molecule has 0 aromatic rings. The molecule has 0 rings (SSSR count). The molecule has 0 unspecified atom stereocenters. The zero-order valence-electron chi connectivity index (χ0n) is 6.89. The number of carbonyl (C=O) groups is 1. The molecule has 2 N–H and O–H groups in total. The number of amides is 1. The number of carbonyl (C=O) groups excluding carboxylic acids is 1. The van der Waals surface area contributed by atoms with E-state index in [9.17, 15) is 4.79 Å². The Morgan fingerprint density at radius 2 is 2.36 bits per heavy atom. The largest absolute Gasteiger partial charge is 0.449 e. The van der Waals surface area contributed by atoms with E-state index in [4.69, 9.17) is 5.73 Å². The van der Waals surface area contributed by atoms with Crippen LogP contribution < -0.4 is 5.73 Å². The fourth-order valence-corrected chi connectivity index (χ4v) is 0.575. The molecule has 0 saturated carbocycles. The number of rotatable bonds is 3. The third-order valence-electron chi connectivity index (χ3n) is 1.08. The van der Waals surface area contributed by atoms with Crippen molar-refractivity contribution in [1.82, 2.24) is 0 Å². The van der Waals surface area contributed by atoms with Gasteiger partial charge in [0.2, 0.25) is 0 Å². The van der Waals surface area contributed by atoms with Gasteiger partial charge in [-0.1, -0.05) is 20.4 Å². The van der Waals surface area contributed by atoms with E-state index in [0.29, 0.717) is 0 Å². The predicted molar refractivity (Wildman–Crippen MR) is 43.0 cm³/mol. The number of primary amides is 1. The van der Waals surface area contributed by atoms with Gasteiger partial charge >= 0.3 is 6.09 Å². The molecule has 0 aromatic carbocycles. The monoisotopic (exact) mass is 155 g/mol. The number of hydrogen-bond acceptors (Lipinski definition) is 2. The van der Waals surface area contributed by atoms with Gasteiger partial charge in [0, 0.05) is 5.41 Å². The van der Waals surface area contributed by atoms with E-state index in [1.807, 2.05) is 13.8 Å². The molecule has 0 spiro atoms. The number of hydrogen-bond donors (Lipinski definition) is 1.